The zero-order chi connectivity index (χ0) is 27.2. The molecule has 0 fully saturated rings. The van der Waals surface area contributed by atoms with Crippen LogP contribution in [0.3, 0.4) is 0 Å². The van der Waals surface area contributed by atoms with Gasteiger partial charge >= 0.3 is 5.97 Å². The molecule has 0 aromatic heterocycles. The molecule has 2 aliphatic rings. The SMILES string of the molecule is Cc1ccc(F)c(-c2ccc(COc3ccc4c(c3)[C@@H](CC(=O)O)C(C)(C)C4)cc2C2=CCCC2(C)C)c1. The van der Waals surface area contributed by atoms with E-state index in [9.17, 15) is 14.3 Å². The van der Waals surface area contributed by atoms with Crippen molar-refractivity contribution in [3.63, 3.8) is 0 Å². The Morgan fingerprint density at radius 2 is 1.79 bits per heavy atom. The van der Waals surface area contributed by atoms with Crippen LogP contribution in [0.4, 0.5) is 4.39 Å². The maximum atomic E-state index is 15.0. The summed E-state index contributed by atoms with van der Waals surface area (Å²) in [4.78, 5) is 11.5. The van der Waals surface area contributed by atoms with Crippen LogP contribution in [0.1, 0.15) is 80.7 Å². The highest BCUT2D eigenvalue weighted by Crippen LogP contribution is 2.50. The summed E-state index contributed by atoms with van der Waals surface area (Å²) in [7, 11) is 0. The van der Waals surface area contributed by atoms with E-state index in [-0.39, 0.29) is 29.0 Å². The summed E-state index contributed by atoms with van der Waals surface area (Å²) in [6.07, 6.45) is 5.37. The summed E-state index contributed by atoms with van der Waals surface area (Å²) >= 11 is 0. The lowest BCUT2D eigenvalue weighted by atomic mass is 9.78. The number of allylic oxidation sites excluding steroid dienone is 2. The first kappa shape index (κ1) is 26.2. The minimum atomic E-state index is -0.774. The molecule has 0 unspecified atom stereocenters. The number of aliphatic carboxylic acids is 1. The highest BCUT2D eigenvalue weighted by molar-refractivity contribution is 5.85. The topological polar surface area (TPSA) is 46.5 Å². The number of halogens is 1. The maximum absolute atomic E-state index is 15.0. The number of carboxylic acids is 1. The number of carbonyl (C=O) groups is 1. The Morgan fingerprint density at radius 3 is 2.50 bits per heavy atom. The zero-order valence-electron chi connectivity index (χ0n) is 23.0. The van der Waals surface area contributed by atoms with Crippen molar-refractivity contribution < 1.29 is 19.0 Å². The van der Waals surface area contributed by atoms with E-state index in [1.165, 1.54) is 11.1 Å². The van der Waals surface area contributed by atoms with Gasteiger partial charge in [-0.2, -0.15) is 0 Å². The second-order valence-corrected chi connectivity index (χ2v) is 12.4. The lowest BCUT2D eigenvalue weighted by Crippen LogP contribution is -2.20. The van der Waals surface area contributed by atoms with E-state index >= 15 is 0 Å². The number of ether oxygens (including phenoxy) is 1. The first-order valence-electron chi connectivity index (χ1n) is 13.5. The van der Waals surface area contributed by atoms with Gasteiger partial charge in [0.1, 0.15) is 18.2 Å². The molecule has 1 N–H and O–H groups in total. The molecule has 0 amide bonds. The zero-order valence-corrected chi connectivity index (χ0v) is 23.0. The lowest BCUT2D eigenvalue weighted by molar-refractivity contribution is -0.138. The van der Waals surface area contributed by atoms with Crippen LogP contribution < -0.4 is 4.74 Å². The summed E-state index contributed by atoms with van der Waals surface area (Å²) in [5.41, 5.74) is 8.10. The van der Waals surface area contributed by atoms with Crippen LogP contribution in [-0.2, 0) is 17.8 Å². The Hall–Kier alpha value is -3.40. The predicted molar refractivity (Wildman–Crippen MR) is 151 cm³/mol. The Balaban J connectivity index is 1.46. The van der Waals surface area contributed by atoms with Crippen LogP contribution in [-0.4, -0.2) is 11.1 Å². The fraction of sp³-hybridized carbons (Fsp3) is 0.382. The van der Waals surface area contributed by atoms with Crippen molar-refractivity contribution in [3.8, 4) is 16.9 Å². The average Bonchev–Trinajstić information content (AvgIpc) is 3.33. The molecule has 0 bridgehead atoms. The van der Waals surface area contributed by atoms with Gasteiger partial charge in [-0.3, -0.25) is 4.79 Å². The summed E-state index contributed by atoms with van der Waals surface area (Å²) in [5, 5.41) is 9.48. The molecule has 1 atom stereocenters. The van der Waals surface area contributed by atoms with Gasteiger partial charge in [0.2, 0.25) is 0 Å². The first-order valence-corrected chi connectivity index (χ1v) is 13.5. The third-order valence-corrected chi connectivity index (χ3v) is 8.50. The molecule has 0 saturated carbocycles. The molecular formula is C34H37FO3. The standard InChI is InChI=1S/C34H37FO3/c1-21-8-13-31(35)28(15-21)25-12-9-22(16-27(25)29-7-6-14-33(29,2)3)20-38-24-11-10-23-19-34(4,5)30(18-32(36)37)26(23)17-24/h7-13,15-17,30H,6,14,18-20H2,1-5H3,(H,36,37)/t30-/m1/s1. The third-order valence-electron chi connectivity index (χ3n) is 8.50. The van der Waals surface area contributed by atoms with Gasteiger partial charge in [0.05, 0.1) is 6.42 Å². The van der Waals surface area contributed by atoms with Crippen LogP contribution in [0.25, 0.3) is 16.7 Å². The quantitative estimate of drug-likeness (QED) is 0.344. The molecule has 3 aromatic carbocycles. The summed E-state index contributed by atoms with van der Waals surface area (Å²) in [5.74, 6) is -0.281. The number of hydrogen-bond donors (Lipinski definition) is 1. The second kappa shape index (κ2) is 9.72. The molecule has 5 rings (SSSR count). The van der Waals surface area contributed by atoms with Gasteiger partial charge in [-0.15, -0.1) is 0 Å². The van der Waals surface area contributed by atoms with E-state index < -0.39 is 5.97 Å². The molecule has 4 heteroatoms. The smallest absolute Gasteiger partial charge is 0.303 e. The van der Waals surface area contributed by atoms with Crippen LogP contribution in [0.5, 0.6) is 5.75 Å². The van der Waals surface area contributed by atoms with Gasteiger partial charge in [0.25, 0.3) is 0 Å². The molecule has 0 heterocycles. The van der Waals surface area contributed by atoms with E-state index in [0.717, 1.165) is 52.8 Å². The van der Waals surface area contributed by atoms with E-state index in [0.29, 0.717) is 12.2 Å². The van der Waals surface area contributed by atoms with Crippen molar-refractivity contribution in [2.75, 3.05) is 0 Å². The normalized spacial score (nSPS) is 19.2. The van der Waals surface area contributed by atoms with Gasteiger partial charge in [0, 0.05) is 11.5 Å². The Morgan fingerprint density at radius 1 is 1.00 bits per heavy atom. The third kappa shape index (κ3) is 5.01. The lowest BCUT2D eigenvalue weighted by Gasteiger charge is -2.26. The summed E-state index contributed by atoms with van der Waals surface area (Å²) in [6, 6.07) is 17.6. The van der Waals surface area contributed by atoms with Crippen molar-refractivity contribution in [2.45, 2.75) is 72.8 Å². The number of benzene rings is 3. The molecule has 0 saturated heterocycles. The van der Waals surface area contributed by atoms with Gasteiger partial charge < -0.3 is 9.84 Å². The van der Waals surface area contributed by atoms with E-state index in [1.807, 2.05) is 37.3 Å². The van der Waals surface area contributed by atoms with Gasteiger partial charge in [-0.25, -0.2) is 4.39 Å². The molecule has 198 valence electrons. The molecule has 0 radical (unpaired) electrons. The van der Waals surface area contributed by atoms with Crippen LogP contribution in [0.15, 0.2) is 60.7 Å². The number of carboxylic acid groups (broad SMARTS) is 1. The van der Waals surface area contributed by atoms with Crippen molar-refractivity contribution in [2.24, 2.45) is 10.8 Å². The monoisotopic (exact) mass is 512 g/mol. The van der Waals surface area contributed by atoms with Crippen LogP contribution >= 0.6 is 0 Å². The molecule has 2 aliphatic carbocycles. The summed E-state index contributed by atoms with van der Waals surface area (Å²) in [6.45, 7) is 11.2. The number of hydrogen-bond acceptors (Lipinski definition) is 2. The van der Waals surface area contributed by atoms with Gasteiger partial charge in [-0.1, -0.05) is 63.6 Å². The maximum Gasteiger partial charge on any atom is 0.303 e. The van der Waals surface area contributed by atoms with Gasteiger partial charge in [-0.05, 0) is 101 Å². The second-order valence-electron chi connectivity index (χ2n) is 12.4. The molecule has 0 aliphatic heterocycles. The largest absolute Gasteiger partial charge is 0.489 e. The fourth-order valence-corrected chi connectivity index (χ4v) is 6.36. The van der Waals surface area contributed by atoms with Crippen molar-refractivity contribution in [1.29, 1.82) is 0 Å². The summed E-state index contributed by atoms with van der Waals surface area (Å²) < 4.78 is 21.2. The first-order chi connectivity index (χ1) is 17.9. The van der Waals surface area contributed by atoms with E-state index in [4.69, 9.17) is 4.74 Å². The van der Waals surface area contributed by atoms with Crippen LogP contribution in [0, 0.1) is 23.6 Å². The van der Waals surface area contributed by atoms with Crippen molar-refractivity contribution in [1.82, 2.24) is 0 Å². The van der Waals surface area contributed by atoms with E-state index in [2.05, 4.69) is 45.9 Å². The Labute approximate surface area is 225 Å². The highest BCUT2D eigenvalue weighted by atomic mass is 19.1. The Bertz CT molecular complexity index is 1430. The molecule has 38 heavy (non-hydrogen) atoms. The van der Waals surface area contributed by atoms with E-state index in [1.54, 1.807) is 12.1 Å². The van der Waals surface area contributed by atoms with Gasteiger partial charge in [0.15, 0.2) is 0 Å². The Kier molecular flexibility index (Phi) is 6.71. The molecule has 3 aromatic rings. The number of fused-ring (bicyclic) bond motifs is 1. The molecule has 3 nitrogen and oxygen atoms in total. The minimum absolute atomic E-state index is 0.0144. The highest BCUT2D eigenvalue weighted by Gasteiger charge is 2.40. The molecule has 0 spiro atoms. The minimum Gasteiger partial charge on any atom is -0.489 e. The average molecular weight is 513 g/mol. The molecular weight excluding hydrogens is 475 g/mol. The fourth-order valence-electron chi connectivity index (χ4n) is 6.36. The number of rotatable bonds is 7. The van der Waals surface area contributed by atoms with Crippen molar-refractivity contribution in [3.05, 3.63) is 94.3 Å². The van der Waals surface area contributed by atoms with Crippen molar-refractivity contribution >= 4 is 11.5 Å². The predicted octanol–water partition coefficient (Wildman–Crippen LogP) is 8.72. The van der Waals surface area contributed by atoms with Crippen LogP contribution in [0.2, 0.25) is 0 Å². The number of aryl methyl sites for hydroxylation is 1.